The van der Waals surface area contributed by atoms with E-state index in [0.717, 1.165) is 23.4 Å². The number of benzene rings is 2. The van der Waals surface area contributed by atoms with Crippen molar-refractivity contribution in [2.45, 2.75) is 44.4 Å². The highest BCUT2D eigenvalue weighted by Crippen LogP contribution is 2.28. The van der Waals surface area contributed by atoms with Gasteiger partial charge < -0.3 is 0 Å². The average Bonchev–Trinajstić information content (AvgIpc) is 3.19. The van der Waals surface area contributed by atoms with Crippen molar-refractivity contribution < 1.29 is 13.2 Å². The number of carbonyl (C=O) groups excluding carboxylic acids is 1. The highest BCUT2D eigenvalue weighted by atomic mass is 32.2. The third-order valence-electron chi connectivity index (χ3n) is 4.81. The molecule has 3 rings (SSSR count). The molecule has 0 fully saturated rings. The third kappa shape index (κ3) is 5.03. The summed E-state index contributed by atoms with van der Waals surface area (Å²) < 4.78 is 27.8. The van der Waals surface area contributed by atoms with Crippen LogP contribution in [0.25, 0.3) is 0 Å². The topological polar surface area (TPSA) is 101 Å². The van der Waals surface area contributed by atoms with Gasteiger partial charge in [-0.3, -0.25) is 14.8 Å². The summed E-state index contributed by atoms with van der Waals surface area (Å²) in [7, 11) is -3.75. The van der Waals surface area contributed by atoms with Crippen LogP contribution in [-0.4, -0.2) is 24.5 Å². The lowest BCUT2D eigenvalue weighted by Gasteiger charge is -2.10. The van der Waals surface area contributed by atoms with E-state index in [4.69, 9.17) is 0 Å². The maximum Gasteiger partial charge on any atom is 0.261 e. The Labute approximate surface area is 180 Å². The van der Waals surface area contributed by atoms with Gasteiger partial charge in [-0.1, -0.05) is 43.4 Å². The predicted octanol–water partition coefficient (Wildman–Crippen LogP) is 4.80. The van der Waals surface area contributed by atoms with E-state index in [1.807, 2.05) is 19.1 Å². The van der Waals surface area contributed by atoms with Gasteiger partial charge in [0, 0.05) is 11.5 Å². The van der Waals surface area contributed by atoms with Crippen LogP contribution in [0.5, 0.6) is 0 Å². The van der Waals surface area contributed by atoms with Crippen molar-refractivity contribution in [3.8, 4) is 0 Å². The zero-order chi connectivity index (χ0) is 21.7. The maximum absolute atomic E-state index is 12.6. The van der Waals surface area contributed by atoms with Gasteiger partial charge in [0.25, 0.3) is 15.9 Å². The molecule has 1 aromatic heterocycles. The second-order valence-electron chi connectivity index (χ2n) is 6.86. The molecular weight excluding hydrogens is 420 g/mol. The Bertz CT molecular complexity index is 1120. The Hall–Kier alpha value is -2.78. The molecule has 30 heavy (non-hydrogen) atoms. The molecule has 0 saturated carbocycles. The van der Waals surface area contributed by atoms with Gasteiger partial charge in [-0.2, -0.15) is 0 Å². The molecule has 0 unspecified atom stereocenters. The minimum absolute atomic E-state index is 0.0780. The molecule has 2 aromatic carbocycles. The first-order valence-corrected chi connectivity index (χ1v) is 12.0. The van der Waals surface area contributed by atoms with E-state index in [2.05, 4.69) is 34.1 Å². The fourth-order valence-electron chi connectivity index (χ4n) is 2.93. The molecule has 9 heteroatoms. The van der Waals surface area contributed by atoms with Gasteiger partial charge in [-0.15, -0.1) is 10.2 Å². The highest BCUT2D eigenvalue weighted by molar-refractivity contribution is 7.92. The summed E-state index contributed by atoms with van der Waals surface area (Å²) in [4.78, 5) is 12.6. The molecule has 0 bridgehead atoms. The molecule has 0 aliphatic rings. The maximum atomic E-state index is 12.6. The summed E-state index contributed by atoms with van der Waals surface area (Å²) in [6, 6.07) is 12.9. The molecule has 2 N–H and O–H groups in total. The van der Waals surface area contributed by atoms with E-state index in [-0.39, 0.29) is 10.8 Å². The Kier molecular flexibility index (Phi) is 6.84. The van der Waals surface area contributed by atoms with Crippen LogP contribution in [0.15, 0.2) is 53.4 Å². The summed E-state index contributed by atoms with van der Waals surface area (Å²) in [5, 5.41) is 12.3. The minimum atomic E-state index is -3.75. The van der Waals surface area contributed by atoms with Crippen LogP contribution in [-0.2, 0) is 10.0 Å². The molecule has 7 nitrogen and oxygen atoms in total. The standard InChI is InChI=1S/C21H24N4O3S2/c1-4-15(5-2)20-23-24-21(29-20)22-19(26)16-10-12-17(13-11-16)30(27,28)25-18-9-7-6-8-14(18)3/h6-13,15,25H,4-5H2,1-3H3,(H,22,24,26). The van der Waals surface area contributed by atoms with Crippen LogP contribution in [0.3, 0.4) is 0 Å². The van der Waals surface area contributed by atoms with Crippen molar-refractivity contribution in [3.63, 3.8) is 0 Å². The number of sulfonamides is 1. The van der Waals surface area contributed by atoms with Crippen molar-refractivity contribution in [2.24, 2.45) is 0 Å². The molecule has 158 valence electrons. The summed E-state index contributed by atoms with van der Waals surface area (Å²) in [6.45, 7) is 6.02. The number of hydrogen-bond acceptors (Lipinski definition) is 6. The average molecular weight is 445 g/mol. The minimum Gasteiger partial charge on any atom is -0.296 e. The van der Waals surface area contributed by atoms with Crippen LogP contribution >= 0.6 is 11.3 Å². The van der Waals surface area contributed by atoms with Crippen molar-refractivity contribution in [1.82, 2.24) is 10.2 Å². The van der Waals surface area contributed by atoms with Crippen molar-refractivity contribution >= 4 is 38.1 Å². The Morgan fingerprint density at radius 3 is 2.33 bits per heavy atom. The number of para-hydroxylation sites is 1. The van der Waals surface area contributed by atoms with Gasteiger partial charge in [-0.05, 0) is 55.7 Å². The van der Waals surface area contributed by atoms with E-state index in [1.54, 1.807) is 12.1 Å². The number of carbonyl (C=O) groups is 1. The summed E-state index contributed by atoms with van der Waals surface area (Å²) >= 11 is 1.36. The molecule has 1 heterocycles. The van der Waals surface area contributed by atoms with Crippen LogP contribution in [0.2, 0.25) is 0 Å². The van der Waals surface area contributed by atoms with Gasteiger partial charge in [0.15, 0.2) is 0 Å². The molecule has 3 aromatic rings. The highest BCUT2D eigenvalue weighted by Gasteiger charge is 2.18. The second kappa shape index (κ2) is 9.36. The molecular formula is C21H24N4O3S2. The quantitative estimate of drug-likeness (QED) is 0.519. The first-order chi connectivity index (χ1) is 14.3. The molecule has 0 spiro atoms. The largest absolute Gasteiger partial charge is 0.296 e. The van der Waals surface area contributed by atoms with E-state index in [0.29, 0.717) is 22.3 Å². The molecule has 0 saturated heterocycles. The lowest BCUT2D eigenvalue weighted by Crippen LogP contribution is -2.15. The zero-order valence-electron chi connectivity index (χ0n) is 17.0. The van der Waals surface area contributed by atoms with Crippen LogP contribution in [0.1, 0.15) is 53.5 Å². The van der Waals surface area contributed by atoms with Gasteiger partial charge in [0.05, 0.1) is 10.6 Å². The number of aromatic nitrogens is 2. The van der Waals surface area contributed by atoms with Crippen molar-refractivity contribution in [2.75, 3.05) is 10.0 Å². The van der Waals surface area contributed by atoms with E-state index in [9.17, 15) is 13.2 Å². The first-order valence-electron chi connectivity index (χ1n) is 9.67. The predicted molar refractivity (Wildman–Crippen MR) is 120 cm³/mol. The van der Waals surface area contributed by atoms with E-state index >= 15 is 0 Å². The Balaban J connectivity index is 1.70. The van der Waals surface area contributed by atoms with E-state index in [1.165, 1.54) is 35.6 Å². The molecule has 0 radical (unpaired) electrons. The number of rotatable bonds is 8. The number of anilines is 2. The number of nitrogens with one attached hydrogen (secondary N) is 2. The van der Waals surface area contributed by atoms with Gasteiger partial charge in [0.2, 0.25) is 5.13 Å². The Morgan fingerprint density at radius 2 is 1.70 bits per heavy atom. The number of amides is 1. The lowest BCUT2D eigenvalue weighted by molar-refractivity contribution is 0.102. The Morgan fingerprint density at radius 1 is 1.03 bits per heavy atom. The monoisotopic (exact) mass is 444 g/mol. The summed E-state index contributed by atoms with van der Waals surface area (Å²) in [5.41, 5.74) is 1.68. The summed E-state index contributed by atoms with van der Waals surface area (Å²) in [5.74, 6) is -0.0311. The molecule has 0 atom stereocenters. The normalized spacial score (nSPS) is 11.5. The third-order valence-corrected chi connectivity index (χ3v) is 7.19. The second-order valence-corrected chi connectivity index (χ2v) is 9.55. The van der Waals surface area contributed by atoms with Crippen LogP contribution in [0, 0.1) is 6.92 Å². The molecule has 0 aliphatic carbocycles. The van der Waals surface area contributed by atoms with E-state index < -0.39 is 10.0 Å². The summed E-state index contributed by atoms with van der Waals surface area (Å²) in [6.07, 6.45) is 1.93. The fraction of sp³-hybridized carbons (Fsp3) is 0.286. The number of nitrogens with zero attached hydrogens (tertiary/aromatic N) is 2. The van der Waals surface area contributed by atoms with Gasteiger partial charge >= 0.3 is 0 Å². The van der Waals surface area contributed by atoms with Crippen molar-refractivity contribution in [1.29, 1.82) is 0 Å². The number of aryl methyl sites for hydroxylation is 1. The van der Waals surface area contributed by atoms with Gasteiger partial charge in [0.1, 0.15) is 5.01 Å². The van der Waals surface area contributed by atoms with Crippen LogP contribution in [0.4, 0.5) is 10.8 Å². The van der Waals surface area contributed by atoms with Crippen molar-refractivity contribution in [3.05, 3.63) is 64.7 Å². The lowest BCUT2D eigenvalue weighted by atomic mass is 10.1. The number of hydrogen-bond donors (Lipinski definition) is 2. The first kappa shape index (κ1) is 21.9. The molecule has 0 aliphatic heterocycles. The fourth-order valence-corrected chi connectivity index (χ4v) is 5.07. The molecule has 1 amide bonds. The van der Waals surface area contributed by atoms with Crippen LogP contribution < -0.4 is 10.0 Å². The van der Waals surface area contributed by atoms with Gasteiger partial charge in [-0.25, -0.2) is 8.42 Å². The zero-order valence-corrected chi connectivity index (χ0v) is 18.7. The SMILES string of the molecule is CCC(CC)c1nnc(NC(=O)c2ccc(S(=O)(=O)Nc3ccccc3C)cc2)s1. The smallest absolute Gasteiger partial charge is 0.261 e.